The summed E-state index contributed by atoms with van der Waals surface area (Å²) in [4.78, 5) is 14.8. The van der Waals surface area contributed by atoms with E-state index in [0.29, 0.717) is 6.04 Å². The number of carbonyl (C=O) groups excluding carboxylic acids is 1. The van der Waals surface area contributed by atoms with Gasteiger partial charge in [0.15, 0.2) is 0 Å². The molecule has 0 unspecified atom stereocenters. The minimum absolute atomic E-state index is 0.114. The number of fused-ring (bicyclic) bond motifs is 1. The van der Waals surface area contributed by atoms with Gasteiger partial charge < -0.3 is 5.32 Å². The van der Waals surface area contributed by atoms with Crippen LogP contribution in [0.15, 0.2) is 52.9 Å². The highest BCUT2D eigenvalue weighted by molar-refractivity contribution is 7.92. The molecule has 0 bridgehead atoms. The number of thiophene rings is 1. The molecule has 0 radical (unpaired) electrons. The smallest absolute Gasteiger partial charge is 0.328 e. The quantitative estimate of drug-likeness (QED) is 0.377. The number of nitrogens with one attached hydrogen (secondary N) is 2. The summed E-state index contributed by atoms with van der Waals surface area (Å²) in [5.41, 5.74) is 4.85. The summed E-state index contributed by atoms with van der Waals surface area (Å²) in [6.07, 6.45) is 8.89. The minimum atomic E-state index is -4.05. The first kappa shape index (κ1) is 27.2. The molecule has 1 fully saturated rings. The van der Waals surface area contributed by atoms with Gasteiger partial charge in [-0.3, -0.25) is 9.58 Å². The molecule has 3 aromatic rings. The van der Waals surface area contributed by atoms with E-state index in [1.54, 1.807) is 0 Å². The van der Waals surface area contributed by atoms with Crippen molar-refractivity contribution < 1.29 is 13.2 Å². The highest BCUT2D eigenvalue weighted by Gasteiger charge is 2.27. The van der Waals surface area contributed by atoms with E-state index in [0.717, 1.165) is 74.3 Å². The molecule has 0 saturated carbocycles. The van der Waals surface area contributed by atoms with Crippen LogP contribution in [0.5, 0.6) is 0 Å². The van der Waals surface area contributed by atoms with Gasteiger partial charge in [-0.1, -0.05) is 59.6 Å². The zero-order valence-corrected chi connectivity index (χ0v) is 23.8. The van der Waals surface area contributed by atoms with Crippen molar-refractivity contribution in [2.75, 3.05) is 19.6 Å². The molecule has 12 heteroatoms. The number of halogens is 2. The van der Waals surface area contributed by atoms with Crippen molar-refractivity contribution >= 4 is 56.2 Å². The third kappa shape index (κ3) is 6.26. The number of nitrogens with zero attached hydrogens (tertiary/aromatic N) is 3. The van der Waals surface area contributed by atoms with Gasteiger partial charge in [-0.15, -0.1) is 11.3 Å². The van der Waals surface area contributed by atoms with Gasteiger partial charge in [-0.2, -0.15) is 5.10 Å². The molecule has 38 heavy (non-hydrogen) atoms. The molecular formula is C26H29Cl2N5O3S2. The van der Waals surface area contributed by atoms with E-state index in [9.17, 15) is 13.2 Å². The van der Waals surface area contributed by atoms with E-state index in [1.807, 2.05) is 23.1 Å². The van der Waals surface area contributed by atoms with Crippen LogP contribution < -0.4 is 10.0 Å². The lowest BCUT2D eigenvalue weighted by atomic mass is 9.92. The molecule has 1 saturated heterocycles. The van der Waals surface area contributed by atoms with Crippen LogP contribution in [-0.2, 0) is 23.0 Å². The lowest BCUT2D eigenvalue weighted by Crippen LogP contribution is -2.39. The van der Waals surface area contributed by atoms with Crippen LogP contribution in [0.4, 0.5) is 4.79 Å². The van der Waals surface area contributed by atoms with E-state index < -0.39 is 16.1 Å². The van der Waals surface area contributed by atoms with Crippen molar-refractivity contribution in [3.05, 3.63) is 74.9 Å². The lowest BCUT2D eigenvalue weighted by molar-refractivity contribution is 0.172. The first-order chi connectivity index (χ1) is 18.3. The topological polar surface area (TPSA) is 96.3 Å². The number of amides is 2. The Labute approximate surface area is 236 Å². The van der Waals surface area contributed by atoms with E-state index in [4.69, 9.17) is 28.3 Å². The fraction of sp³-hybridized carbons (Fsp3) is 0.385. The van der Waals surface area contributed by atoms with Gasteiger partial charge in [-0.25, -0.2) is 17.9 Å². The maximum absolute atomic E-state index is 12.4. The second kappa shape index (κ2) is 11.8. The number of carbonyl (C=O) groups is 1. The van der Waals surface area contributed by atoms with Crippen molar-refractivity contribution in [3.8, 4) is 0 Å². The van der Waals surface area contributed by atoms with E-state index in [1.165, 1.54) is 17.2 Å². The predicted octanol–water partition coefficient (Wildman–Crippen LogP) is 5.50. The molecule has 2 amide bonds. The fourth-order valence-corrected chi connectivity index (χ4v) is 7.90. The van der Waals surface area contributed by atoms with Crippen LogP contribution in [0, 0.1) is 0 Å². The van der Waals surface area contributed by atoms with Crippen molar-refractivity contribution in [2.45, 2.75) is 48.9 Å². The summed E-state index contributed by atoms with van der Waals surface area (Å²) >= 11 is 12.5. The number of likely N-dealkylation sites (tertiary alicyclic amines) is 1. The summed E-state index contributed by atoms with van der Waals surface area (Å²) in [5.74, 6) is 0. The molecule has 8 nitrogen and oxygen atoms in total. The van der Waals surface area contributed by atoms with Gasteiger partial charge in [0.2, 0.25) is 0 Å². The number of allylic oxidation sites excluding steroid dienone is 1. The van der Waals surface area contributed by atoms with Crippen LogP contribution >= 0.6 is 34.5 Å². The van der Waals surface area contributed by atoms with Gasteiger partial charge in [0.1, 0.15) is 8.55 Å². The number of urea groups is 1. The molecule has 1 aromatic carbocycles. The highest BCUT2D eigenvalue weighted by Crippen LogP contribution is 2.35. The Balaban J connectivity index is 1.20. The number of sulfonamides is 1. The van der Waals surface area contributed by atoms with Crippen LogP contribution in [0.2, 0.25) is 9.36 Å². The standard InChI is InChI=1S/C26H29Cl2N5O3S2/c27-22-15-23(37-25(22)28)38(35,36)31-26(34)29-12-9-19-7-4-8-20-16-30-33(24(19)20)21-10-13-32(14-11-21)17-18-5-2-1-3-6-18/h1-3,5-6,9,15-16,21H,4,7-8,10-14,17H2,(H2,29,31,34)/b19-9+. The van der Waals surface area contributed by atoms with E-state index in [2.05, 4.69) is 39.2 Å². The Kier molecular flexibility index (Phi) is 8.44. The second-order valence-electron chi connectivity index (χ2n) is 9.54. The largest absolute Gasteiger partial charge is 0.334 e. The molecule has 0 atom stereocenters. The summed E-state index contributed by atoms with van der Waals surface area (Å²) in [5, 5.41) is 7.53. The van der Waals surface area contributed by atoms with Crippen molar-refractivity contribution in [2.24, 2.45) is 0 Å². The molecule has 2 aromatic heterocycles. The highest BCUT2D eigenvalue weighted by atomic mass is 35.5. The van der Waals surface area contributed by atoms with Crippen LogP contribution in [-0.4, -0.2) is 48.8 Å². The van der Waals surface area contributed by atoms with Crippen molar-refractivity contribution in [1.29, 1.82) is 0 Å². The van der Waals surface area contributed by atoms with E-state index >= 15 is 0 Å². The normalized spacial score (nSPS) is 17.9. The zero-order chi connectivity index (χ0) is 26.7. The molecule has 5 rings (SSSR count). The van der Waals surface area contributed by atoms with Gasteiger partial charge >= 0.3 is 6.03 Å². The minimum Gasteiger partial charge on any atom is -0.334 e. The fourth-order valence-electron chi connectivity index (χ4n) is 5.10. The number of piperidine rings is 1. The molecule has 2 aliphatic rings. The molecule has 2 N–H and O–H groups in total. The lowest BCUT2D eigenvalue weighted by Gasteiger charge is -2.33. The Morgan fingerprint density at radius 3 is 2.63 bits per heavy atom. The van der Waals surface area contributed by atoms with Crippen molar-refractivity contribution in [3.63, 3.8) is 0 Å². The maximum atomic E-state index is 12.4. The van der Waals surface area contributed by atoms with Gasteiger partial charge in [0.05, 0.1) is 23.0 Å². The molecule has 3 heterocycles. The molecule has 1 aliphatic carbocycles. The first-order valence-corrected chi connectivity index (χ1v) is 15.6. The number of aryl methyl sites for hydroxylation is 1. The summed E-state index contributed by atoms with van der Waals surface area (Å²) in [6.45, 7) is 3.20. The van der Waals surface area contributed by atoms with Crippen LogP contribution in [0.3, 0.4) is 0 Å². The van der Waals surface area contributed by atoms with Gasteiger partial charge in [0.25, 0.3) is 10.0 Å². The van der Waals surface area contributed by atoms with Crippen LogP contribution in [0.25, 0.3) is 5.57 Å². The van der Waals surface area contributed by atoms with Gasteiger partial charge in [0, 0.05) is 26.2 Å². The third-order valence-electron chi connectivity index (χ3n) is 6.95. The second-order valence-corrected chi connectivity index (χ2v) is 13.5. The third-order valence-corrected chi connectivity index (χ3v) is 10.6. The monoisotopic (exact) mass is 593 g/mol. The van der Waals surface area contributed by atoms with Gasteiger partial charge in [-0.05, 0) is 54.9 Å². The number of aromatic nitrogens is 2. The molecule has 202 valence electrons. The Bertz CT molecular complexity index is 1410. The average Bonchev–Trinajstić information content (AvgIpc) is 3.49. The summed E-state index contributed by atoms with van der Waals surface area (Å²) < 4.78 is 29.1. The number of hydrogen-bond acceptors (Lipinski definition) is 6. The Morgan fingerprint density at radius 1 is 1.16 bits per heavy atom. The first-order valence-electron chi connectivity index (χ1n) is 12.6. The zero-order valence-electron chi connectivity index (χ0n) is 20.7. The van der Waals surface area contributed by atoms with Crippen molar-refractivity contribution in [1.82, 2.24) is 24.7 Å². The SMILES string of the molecule is O=C(NC/C=C1\CCCc2cnn(C3CCN(Cc4ccccc4)CC3)c21)NS(=O)(=O)c1cc(Cl)c(Cl)s1. The predicted molar refractivity (Wildman–Crippen MR) is 151 cm³/mol. The molecule has 0 spiro atoms. The Morgan fingerprint density at radius 2 is 1.92 bits per heavy atom. The Hall–Kier alpha value is -2.37. The number of rotatable bonds is 7. The maximum Gasteiger partial charge on any atom is 0.328 e. The molecular weight excluding hydrogens is 565 g/mol. The van der Waals surface area contributed by atoms with Crippen LogP contribution in [0.1, 0.15) is 48.5 Å². The molecule has 1 aliphatic heterocycles. The average molecular weight is 595 g/mol. The number of hydrogen-bond donors (Lipinski definition) is 2. The summed E-state index contributed by atoms with van der Waals surface area (Å²) in [7, 11) is -4.05. The number of benzene rings is 1. The van der Waals surface area contributed by atoms with E-state index in [-0.39, 0.29) is 20.1 Å². The summed E-state index contributed by atoms with van der Waals surface area (Å²) in [6, 6.07) is 11.3.